The van der Waals surface area contributed by atoms with Gasteiger partial charge in [0.2, 0.25) is 5.95 Å². The Labute approximate surface area is 169 Å². The molecule has 1 aromatic heterocycles. The highest BCUT2D eigenvalue weighted by Crippen LogP contribution is 2.40. The van der Waals surface area contributed by atoms with Crippen LogP contribution in [0.15, 0.2) is 78.9 Å². The average Bonchev–Trinajstić information content (AvgIpc) is 3.17. The highest BCUT2D eigenvalue weighted by molar-refractivity contribution is 5.85. The number of para-hydroxylation sites is 2. The first-order chi connectivity index (χ1) is 14.3. The van der Waals surface area contributed by atoms with E-state index in [4.69, 9.17) is 14.5 Å². The Bertz CT molecular complexity index is 1210. The molecule has 0 spiro atoms. The monoisotopic (exact) mass is 383 g/mol. The molecule has 2 heterocycles. The van der Waals surface area contributed by atoms with E-state index in [2.05, 4.69) is 40.2 Å². The first-order valence-electron chi connectivity index (χ1n) is 9.51. The molecule has 1 aliphatic rings. The number of nitrogens with one attached hydrogen (secondary N) is 1. The molecule has 0 radical (unpaired) electrons. The van der Waals surface area contributed by atoms with Crippen LogP contribution >= 0.6 is 0 Å². The Morgan fingerprint density at radius 3 is 2.48 bits per heavy atom. The van der Waals surface area contributed by atoms with E-state index in [1.807, 2.05) is 48.5 Å². The SMILES string of the molecule is COc1ccc(C2C=C(c3ccccc3)Nc3nc4ccccc4n32)c(OC)c1. The number of hydrogen-bond acceptors (Lipinski definition) is 4. The second-order valence-corrected chi connectivity index (χ2v) is 6.92. The predicted molar refractivity (Wildman–Crippen MR) is 115 cm³/mol. The van der Waals surface area contributed by atoms with Crippen molar-refractivity contribution in [2.75, 3.05) is 19.5 Å². The van der Waals surface area contributed by atoms with E-state index in [1.54, 1.807) is 14.2 Å². The summed E-state index contributed by atoms with van der Waals surface area (Å²) < 4.78 is 13.3. The second-order valence-electron chi connectivity index (χ2n) is 6.92. The molecule has 0 fully saturated rings. The molecule has 0 saturated carbocycles. The lowest BCUT2D eigenvalue weighted by Crippen LogP contribution is -2.19. The van der Waals surface area contributed by atoms with Crippen LogP contribution in [-0.2, 0) is 0 Å². The molecule has 5 heteroatoms. The molecule has 0 saturated heterocycles. The summed E-state index contributed by atoms with van der Waals surface area (Å²) in [5.74, 6) is 2.36. The Morgan fingerprint density at radius 2 is 1.69 bits per heavy atom. The van der Waals surface area contributed by atoms with Crippen LogP contribution in [0, 0.1) is 0 Å². The number of hydrogen-bond donors (Lipinski definition) is 1. The summed E-state index contributed by atoms with van der Waals surface area (Å²) in [6, 6.07) is 24.3. The quantitative estimate of drug-likeness (QED) is 0.532. The van der Waals surface area contributed by atoms with Gasteiger partial charge in [0.05, 0.1) is 31.3 Å². The van der Waals surface area contributed by atoms with Gasteiger partial charge in [-0.15, -0.1) is 0 Å². The Morgan fingerprint density at radius 1 is 0.897 bits per heavy atom. The van der Waals surface area contributed by atoms with Gasteiger partial charge in [0.25, 0.3) is 0 Å². The Kier molecular flexibility index (Phi) is 4.21. The van der Waals surface area contributed by atoms with E-state index < -0.39 is 0 Å². The number of benzene rings is 3. The van der Waals surface area contributed by atoms with Crippen molar-refractivity contribution < 1.29 is 9.47 Å². The van der Waals surface area contributed by atoms with Crippen LogP contribution in [0.3, 0.4) is 0 Å². The molecule has 0 aliphatic carbocycles. The topological polar surface area (TPSA) is 48.3 Å². The molecule has 3 aromatic carbocycles. The van der Waals surface area contributed by atoms with Gasteiger partial charge < -0.3 is 14.8 Å². The number of methoxy groups -OCH3 is 2. The summed E-state index contributed by atoms with van der Waals surface area (Å²) in [5, 5.41) is 3.51. The lowest BCUT2D eigenvalue weighted by Gasteiger charge is -2.27. The third-order valence-corrected chi connectivity index (χ3v) is 5.29. The van der Waals surface area contributed by atoms with Crippen molar-refractivity contribution in [2.24, 2.45) is 0 Å². The highest BCUT2D eigenvalue weighted by Gasteiger charge is 2.27. The van der Waals surface area contributed by atoms with Crippen molar-refractivity contribution in [3.63, 3.8) is 0 Å². The van der Waals surface area contributed by atoms with Crippen molar-refractivity contribution in [1.82, 2.24) is 9.55 Å². The van der Waals surface area contributed by atoms with Gasteiger partial charge >= 0.3 is 0 Å². The molecule has 1 aliphatic heterocycles. The zero-order chi connectivity index (χ0) is 19.8. The maximum absolute atomic E-state index is 5.72. The minimum Gasteiger partial charge on any atom is -0.497 e. The van der Waals surface area contributed by atoms with E-state index in [0.717, 1.165) is 45.3 Å². The fourth-order valence-electron chi connectivity index (χ4n) is 3.89. The average molecular weight is 383 g/mol. The molecule has 5 nitrogen and oxygen atoms in total. The molecular formula is C24H21N3O2. The first kappa shape index (κ1) is 17.4. The number of anilines is 1. The summed E-state index contributed by atoms with van der Waals surface area (Å²) in [6.45, 7) is 0. The highest BCUT2D eigenvalue weighted by atomic mass is 16.5. The molecule has 0 amide bonds. The first-order valence-corrected chi connectivity index (χ1v) is 9.51. The molecule has 5 rings (SSSR count). The third kappa shape index (κ3) is 2.91. The molecule has 1 unspecified atom stereocenters. The van der Waals surface area contributed by atoms with Gasteiger partial charge in [0, 0.05) is 17.3 Å². The number of nitrogens with zero attached hydrogens (tertiary/aromatic N) is 2. The van der Waals surface area contributed by atoms with E-state index in [1.165, 1.54) is 0 Å². The van der Waals surface area contributed by atoms with Crippen LogP contribution in [0.1, 0.15) is 17.2 Å². The lowest BCUT2D eigenvalue weighted by molar-refractivity contribution is 0.389. The fraction of sp³-hybridized carbons (Fsp3) is 0.125. The number of rotatable bonds is 4. The van der Waals surface area contributed by atoms with Gasteiger partial charge in [-0.25, -0.2) is 4.98 Å². The van der Waals surface area contributed by atoms with Gasteiger partial charge in [-0.3, -0.25) is 4.57 Å². The number of aromatic nitrogens is 2. The van der Waals surface area contributed by atoms with Crippen LogP contribution in [0.2, 0.25) is 0 Å². The van der Waals surface area contributed by atoms with Gasteiger partial charge in [0.15, 0.2) is 0 Å². The second kappa shape index (κ2) is 7.02. The zero-order valence-corrected chi connectivity index (χ0v) is 16.3. The van der Waals surface area contributed by atoms with Crippen molar-refractivity contribution in [3.05, 3.63) is 90.0 Å². The van der Waals surface area contributed by atoms with Crippen LogP contribution < -0.4 is 14.8 Å². The maximum atomic E-state index is 5.72. The van der Waals surface area contributed by atoms with Crippen molar-refractivity contribution in [3.8, 4) is 11.5 Å². The Balaban J connectivity index is 1.74. The van der Waals surface area contributed by atoms with E-state index in [9.17, 15) is 0 Å². The fourth-order valence-corrected chi connectivity index (χ4v) is 3.89. The molecule has 29 heavy (non-hydrogen) atoms. The van der Waals surface area contributed by atoms with E-state index in [-0.39, 0.29) is 6.04 Å². The smallest absolute Gasteiger partial charge is 0.209 e. The molecule has 1 atom stereocenters. The largest absolute Gasteiger partial charge is 0.497 e. The molecular weight excluding hydrogens is 362 g/mol. The van der Waals surface area contributed by atoms with Crippen molar-refractivity contribution in [1.29, 1.82) is 0 Å². The number of allylic oxidation sites excluding steroid dienone is 1. The summed E-state index contributed by atoms with van der Waals surface area (Å²) >= 11 is 0. The summed E-state index contributed by atoms with van der Waals surface area (Å²) in [4.78, 5) is 4.84. The van der Waals surface area contributed by atoms with Gasteiger partial charge in [-0.05, 0) is 35.9 Å². The van der Waals surface area contributed by atoms with Crippen LogP contribution in [0.4, 0.5) is 5.95 Å². The normalized spacial score (nSPS) is 15.4. The lowest BCUT2D eigenvalue weighted by atomic mass is 10.00. The van der Waals surface area contributed by atoms with Crippen LogP contribution in [0.25, 0.3) is 16.7 Å². The zero-order valence-electron chi connectivity index (χ0n) is 16.3. The summed E-state index contributed by atoms with van der Waals surface area (Å²) in [6.07, 6.45) is 2.22. The third-order valence-electron chi connectivity index (χ3n) is 5.29. The van der Waals surface area contributed by atoms with Crippen LogP contribution in [-0.4, -0.2) is 23.8 Å². The molecule has 144 valence electrons. The van der Waals surface area contributed by atoms with Crippen LogP contribution in [0.5, 0.6) is 11.5 Å². The minimum absolute atomic E-state index is 0.0743. The van der Waals surface area contributed by atoms with Gasteiger partial charge in [-0.1, -0.05) is 42.5 Å². The van der Waals surface area contributed by atoms with Crippen molar-refractivity contribution in [2.45, 2.75) is 6.04 Å². The van der Waals surface area contributed by atoms with Gasteiger partial charge in [-0.2, -0.15) is 0 Å². The maximum Gasteiger partial charge on any atom is 0.209 e. The summed E-state index contributed by atoms with van der Waals surface area (Å²) in [5.41, 5.74) is 5.21. The van der Waals surface area contributed by atoms with E-state index >= 15 is 0 Å². The van der Waals surface area contributed by atoms with E-state index in [0.29, 0.717) is 0 Å². The Hall–Kier alpha value is -3.73. The molecule has 0 bridgehead atoms. The number of fused-ring (bicyclic) bond motifs is 3. The molecule has 1 N–H and O–H groups in total. The molecule has 4 aromatic rings. The standard InChI is InChI=1S/C24H21N3O2/c1-28-17-12-13-18(23(14-17)29-2)22-15-20(16-8-4-3-5-9-16)26-24-25-19-10-6-7-11-21(19)27(22)24/h3-15,22H,1-2H3,(H,25,26). The number of imidazole rings is 1. The van der Waals surface area contributed by atoms with Gasteiger partial charge in [0.1, 0.15) is 11.5 Å². The predicted octanol–water partition coefficient (Wildman–Crippen LogP) is 5.11. The minimum atomic E-state index is -0.0743. The number of ether oxygens (including phenoxy) is 2. The van der Waals surface area contributed by atoms with Crippen molar-refractivity contribution >= 4 is 22.7 Å². The summed E-state index contributed by atoms with van der Waals surface area (Å²) in [7, 11) is 3.35.